The molecule has 0 radical (unpaired) electrons. The quantitative estimate of drug-likeness (QED) is 0.0503. The van der Waals surface area contributed by atoms with E-state index in [0.717, 1.165) is 39.1 Å². The number of likely N-dealkylation sites (N-methyl/N-ethyl adjacent to an activating group) is 1. The van der Waals surface area contributed by atoms with Crippen LogP contribution in [0.2, 0.25) is 0 Å². The molecule has 302 valence electrons. The SMILES string of the molecule is CCCCCCCC/C=C\CCCCCCCCOCC(COCCCCCCCC/C=C\CCCCCCCC)NC(=O)OCCN(C)CC. The first-order valence-electron chi connectivity index (χ1n) is 22.2. The van der Waals surface area contributed by atoms with Crippen molar-refractivity contribution in [3.8, 4) is 0 Å². The van der Waals surface area contributed by atoms with Crippen molar-refractivity contribution in [3.63, 3.8) is 0 Å². The summed E-state index contributed by atoms with van der Waals surface area (Å²) in [5.74, 6) is 0. The highest BCUT2D eigenvalue weighted by atomic mass is 16.6. The highest BCUT2D eigenvalue weighted by molar-refractivity contribution is 5.67. The first-order chi connectivity index (χ1) is 25.1. The number of nitrogens with one attached hydrogen (secondary N) is 1. The van der Waals surface area contributed by atoms with Crippen LogP contribution in [-0.4, -0.2) is 70.2 Å². The van der Waals surface area contributed by atoms with Gasteiger partial charge in [0.2, 0.25) is 0 Å². The molecule has 6 nitrogen and oxygen atoms in total. The van der Waals surface area contributed by atoms with E-state index in [2.05, 4.69) is 55.3 Å². The summed E-state index contributed by atoms with van der Waals surface area (Å²) in [7, 11) is 2.03. The number of hydrogen-bond donors (Lipinski definition) is 1. The first kappa shape index (κ1) is 49.6. The molecule has 6 heteroatoms. The highest BCUT2D eigenvalue weighted by Gasteiger charge is 2.14. The molecule has 0 atom stereocenters. The predicted molar refractivity (Wildman–Crippen MR) is 222 cm³/mol. The summed E-state index contributed by atoms with van der Waals surface area (Å²) in [6.45, 7) is 11.1. The van der Waals surface area contributed by atoms with Crippen molar-refractivity contribution in [1.29, 1.82) is 0 Å². The fraction of sp³-hybridized carbons (Fsp3) is 0.889. The van der Waals surface area contributed by atoms with Crippen molar-refractivity contribution in [3.05, 3.63) is 24.3 Å². The smallest absolute Gasteiger partial charge is 0.407 e. The number of carbonyl (C=O) groups is 1. The summed E-state index contributed by atoms with van der Waals surface area (Å²) in [5, 5.41) is 2.98. The molecule has 0 aliphatic carbocycles. The molecule has 51 heavy (non-hydrogen) atoms. The lowest BCUT2D eigenvalue weighted by molar-refractivity contribution is 0.0485. The van der Waals surface area contributed by atoms with Crippen LogP contribution in [0.15, 0.2) is 24.3 Å². The Morgan fingerprint density at radius 2 is 0.863 bits per heavy atom. The van der Waals surface area contributed by atoms with Gasteiger partial charge in [-0.15, -0.1) is 0 Å². The third-order valence-electron chi connectivity index (χ3n) is 9.81. The maximum atomic E-state index is 12.4. The molecule has 1 N–H and O–H groups in total. The molecule has 0 saturated carbocycles. The summed E-state index contributed by atoms with van der Waals surface area (Å²) in [6.07, 6.45) is 45.6. The van der Waals surface area contributed by atoms with E-state index in [1.165, 1.54) is 167 Å². The van der Waals surface area contributed by atoms with Crippen LogP contribution in [0, 0.1) is 0 Å². The number of alkyl carbamates (subject to hydrolysis) is 1. The summed E-state index contributed by atoms with van der Waals surface area (Å²) >= 11 is 0. The Morgan fingerprint density at radius 1 is 0.510 bits per heavy atom. The van der Waals surface area contributed by atoms with E-state index < -0.39 is 0 Å². The normalized spacial score (nSPS) is 12.0. The van der Waals surface area contributed by atoms with Crippen LogP contribution >= 0.6 is 0 Å². The molecule has 0 aromatic carbocycles. The number of ether oxygens (including phenoxy) is 3. The Kier molecular flexibility index (Phi) is 41.9. The van der Waals surface area contributed by atoms with Gasteiger partial charge in [0.05, 0.1) is 19.3 Å². The van der Waals surface area contributed by atoms with Crippen molar-refractivity contribution < 1.29 is 19.0 Å². The van der Waals surface area contributed by atoms with E-state index in [-0.39, 0.29) is 12.1 Å². The van der Waals surface area contributed by atoms with Gasteiger partial charge in [-0.1, -0.05) is 161 Å². The van der Waals surface area contributed by atoms with Crippen LogP contribution in [0.3, 0.4) is 0 Å². The van der Waals surface area contributed by atoms with Crippen LogP contribution in [0.4, 0.5) is 4.79 Å². The van der Waals surface area contributed by atoms with E-state index >= 15 is 0 Å². The van der Waals surface area contributed by atoms with Crippen LogP contribution in [0.5, 0.6) is 0 Å². The summed E-state index contributed by atoms with van der Waals surface area (Å²) in [5.41, 5.74) is 0. The van der Waals surface area contributed by atoms with Gasteiger partial charge in [-0.25, -0.2) is 4.79 Å². The molecule has 0 spiro atoms. The molecule has 0 bridgehead atoms. The van der Waals surface area contributed by atoms with E-state index in [1.807, 2.05) is 7.05 Å². The fourth-order valence-corrected chi connectivity index (χ4v) is 6.15. The zero-order valence-corrected chi connectivity index (χ0v) is 34.7. The minimum absolute atomic E-state index is 0.190. The minimum Gasteiger partial charge on any atom is -0.448 e. The lowest BCUT2D eigenvalue weighted by Crippen LogP contribution is -2.42. The summed E-state index contributed by atoms with van der Waals surface area (Å²) < 4.78 is 17.4. The lowest BCUT2D eigenvalue weighted by atomic mass is 10.1. The van der Waals surface area contributed by atoms with Crippen molar-refractivity contribution in [2.45, 2.75) is 207 Å². The lowest BCUT2D eigenvalue weighted by Gasteiger charge is -2.20. The molecule has 1 amide bonds. The minimum atomic E-state index is -0.383. The predicted octanol–water partition coefficient (Wildman–Crippen LogP) is 13.1. The van der Waals surface area contributed by atoms with Crippen LogP contribution in [0.25, 0.3) is 0 Å². The second kappa shape index (κ2) is 43.0. The molecular formula is C45H88N2O4. The van der Waals surface area contributed by atoms with E-state index in [9.17, 15) is 4.79 Å². The zero-order chi connectivity index (χ0) is 37.1. The summed E-state index contributed by atoms with van der Waals surface area (Å²) in [6, 6.07) is -0.190. The highest BCUT2D eigenvalue weighted by Crippen LogP contribution is 2.12. The van der Waals surface area contributed by atoms with Gasteiger partial charge in [-0.3, -0.25) is 0 Å². The van der Waals surface area contributed by atoms with Gasteiger partial charge in [0.25, 0.3) is 0 Å². The number of hydrogen-bond acceptors (Lipinski definition) is 5. The van der Waals surface area contributed by atoms with Gasteiger partial charge in [0, 0.05) is 19.8 Å². The molecule has 0 fully saturated rings. The number of nitrogens with zero attached hydrogens (tertiary/aromatic N) is 1. The fourth-order valence-electron chi connectivity index (χ4n) is 6.15. The Balaban J connectivity index is 3.95. The molecule has 0 aromatic heterocycles. The molecule has 0 aliphatic heterocycles. The van der Waals surface area contributed by atoms with E-state index in [4.69, 9.17) is 14.2 Å². The Hall–Kier alpha value is -1.37. The van der Waals surface area contributed by atoms with E-state index in [0.29, 0.717) is 19.8 Å². The van der Waals surface area contributed by atoms with Crippen LogP contribution in [0.1, 0.15) is 201 Å². The van der Waals surface area contributed by atoms with Crippen molar-refractivity contribution >= 4 is 6.09 Å². The first-order valence-corrected chi connectivity index (χ1v) is 22.2. The third-order valence-corrected chi connectivity index (χ3v) is 9.81. The molecule has 0 aromatic rings. The molecule has 0 rings (SSSR count). The number of amides is 1. The summed E-state index contributed by atoms with van der Waals surface area (Å²) in [4.78, 5) is 14.6. The van der Waals surface area contributed by atoms with E-state index in [1.54, 1.807) is 0 Å². The average molecular weight is 721 g/mol. The molecule has 0 saturated heterocycles. The largest absolute Gasteiger partial charge is 0.448 e. The van der Waals surface area contributed by atoms with Gasteiger partial charge in [0.15, 0.2) is 0 Å². The van der Waals surface area contributed by atoms with Gasteiger partial charge < -0.3 is 24.4 Å². The zero-order valence-electron chi connectivity index (χ0n) is 34.7. The van der Waals surface area contributed by atoms with Gasteiger partial charge in [0.1, 0.15) is 6.61 Å². The number of allylic oxidation sites excluding steroid dienone is 4. The standard InChI is InChI=1S/C45H88N2O4/c1-5-8-10-12-14-16-18-20-22-24-26-28-30-32-34-36-39-49-42-44(46-45(48)51-41-38-47(4)7-3)43-50-40-37-35-33-31-29-27-25-23-21-19-17-15-13-11-9-6-2/h20-23,44H,5-19,24-43H2,1-4H3,(H,46,48)/b22-20-,23-21-. The maximum Gasteiger partial charge on any atom is 0.407 e. The van der Waals surface area contributed by atoms with Gasteiger partial charge >= 0.3 is 6.09 Å². The second-order valence-corrected chi connectivity index (χ2v) is 14.9. The molecule has 0 unspecified atom stereocenters. The van der Waals surface area contributed by atoms with Crippen molar-refractivity contribution in [2.24, 2.45) is 0 Å². The molecular weight excluding hydrogens is 633 g/mol. The Bertz CT molecular complexity index is 698. The monoisotopic (exact) mass is 721 g/mol. The Morgan fingerprint density at radius 3 is 1.24 bits per heavy atom. The van der Waals surface area contributed by atoms with Gasteiger partial charge in [-0.05, 0) is 77.8 Å². The maximum absolute atomic E-state index is 12.4. The average Bonchev–Trinajstić information content (AvgIpc) is 3.13. The molecule has 0 heterocycles. The van der Waals surface area contributed by atoms with Gasteiger partial charge in [-0.2, -0.15) is 0 Å². The Labute approximate surface area is 318 Å². The number of unbranched alkanes of at least 4 members (excludes halogenated alkanes) is 24. The number of carbonyl (C=O) groups excluding carboxylic acids is 1. The second-order valence-electron chi connectivity index (χ2n) is 14.9. The molecule has 0 aliphatic rings. The van der Waals surface area contributed by atoms with Crippen molar-refractivity contribution in [2.75, 3.05) is 53.2 Å². The third kappa shape index (κ3) is 41.2. The van der Waals surface area contributed by atoms with Crippen LogP contribution in [-0.2, 0) is 14.2 Å². The van der Waals surface area contributed by atoms with Crippen LogP contribution < -0.4 is 5.32 Å². The topological polar surface area (TPSA) is 60.0 Å². The van der Waals surface area contributed by atoms with Crippen molar-refractivity contribution in [1.82, 2.24) is 10.2 Å². The number of rotatable bonds is 41.